The Balaban J connectivity index is 2.43. The number of para-hydroxylation sites is 1. The summed E-state index contributed by atoms with van der Waals surface area (Å²) in [5.74, 6) is -0.365. The normalized spacial score (nSPS) is 12.0. The van der Waals surface area contributed by atoms with Crippen molar-refractivity contribution in [3.05, 3.63) is 47.0 Å². The molecule has 2 aromatic rings. The van der Waals surface area contributed by atoms with Crippen molar-refractivity contribution < 1.29 is 14.7 Å². The van der Waals surface area contributed by atoms with Crippen molar-refractivity contribution in [2.45, 2.75) is 58.4 Å². The molecule has 0 spiro atoms. The number of carboxylic acids is 1. The molecular formula is C21H28ClN3O3. The maximum absolute atomic E-state index is 12.3. The Morgan fingerprint density at radius 1 is 1.25 bits per heavy atom. The van der Waals surface area contributed by atoms with Gasteiger partial charge >= 0.3 is 5.97 Å². The van der Waals surface area contributed by atoms with Crippen molar-refractivity contribution in [3.8, 4) is 5.69 Å². The second-order valence-corrected chi connectivity index (χ2v) is 7.28. The van der Waals surface area contributed by atoms with E-state index in [9.17, 15) is 14.7 Å². The van der Waals surface area contributed by atoms with E-state index >= 15 is 0 Å². The predicted octanol–water partition coefficient (Wildman–Crippen LogP) is 4.12. The number of aromatic nitrogens is 2. The minimum absolute atomic E-state index is 0.158. The SMILES string of the molecule is CCCCc1ncc(C[C@@H](C(=O)O)N(C)C(=O)CCC)n1-c1ccccc1Cl. The van der Waals surface area contributed by atoms with Crippen molar-refractivity contribution in [3.63, 3.8) is 0 Å². The fourth-order valence-electron chi connectivity index (χ4n) is 3.16. The van der Waals surface area contributed by atoms with Gasteiger partial charge in [0.2, 0.25) is 5.91 Å². The van der Waals surface area contributed by atoms with E-state index in [2.05, 4.69) is 11.9 Å². The summed E-state index contributed by atoms with van der Waals surface area (Å²) >= 11 is 6.42. The molecule has 2 rings (SSSR count). The molecule has 1 heterocycles. The molecule has 0 radical (unpaired) electrons. The van der Waals surface area contributed by atoms with Crippen LogP contribution in [-0.2, 0) is 22.4 Å². The van der Waals surface area contributed by atoms with Gasteiger partial charge in [-0.25, -0.2) is 9.78 Å². The predicted molar refractivity (Wildman–Crippen MR) is 110 cm³/mol. The molecule has 0 fully saturated rings. The summed E-state index contributed by atoms with van der Waals surface area (Å²) in [5.41, 5.74) is 1.50. The molecule has 0 aliphatic heterocycles. The smallest absolute Gasteiger partial charge is 0.326 e. The first kappa shape index (κ1) is 22.0. The van der Waals surface area contributed by atoms with E-state index in [0.29, 0.717) is 17.9 Å². The van der Waals surface area contributed by atoms with Crippen LogP contribution >= 0.6 is 11.6 Å². The number of aryl methyl sites for hydroxylation is 1. The third kappa shape index (κ3) is 5.13. The molecule has 1 atom stereocenters. The third-order valence-corrected chi connectivity index (χ3v) is 5.09. The van der Waals surface area contributed by atoms with E-state index in [-0.39, 0.29) is 12.3 Å². The summed E-state index contributed by atoms with van der Waals surface area (Å²) in [4.78, 5) is 30.0. The number of hydrogen-bond donors (Lipinski definition) is 1. The van der Waals surface area contributed by atoms with Crippen LogP contribution in [-0.4, -0.2) is 44.5 Å². The number of benzene rings is 1. The number of unbranched alkanes of at least 4 members (excludes halogenated alkanes) is 1. The molecule has 28 heavy (non-hydrogen) atoms. The lowest BCUT2D eigenvalue weighted by molar-refractivity contribution is -0.149. The molecule has 7 heteroatoms. The number of halogens is 1. The van der Waals surface area contributed by atoms with Crippen molar-refractivity contribution in [2.24, 2.45) is 0 Å². The second kappa shape index (κ2) is 10.3. The van der Waals surface area contributed by atoms with E-state index in [1.165, 1.54) is 4.90 Å². The van der Waals surface area contributed by atoms with Crippen LogP contribution in [0.1, 0.15) is 51.0 Å². The molecule has 0 unspecified atom stereocenters. The number of amides is 1. The zero-order valence-electron chi connectivity index (χ0n) is 16.7. The van der Waals surface area contributed by atoms with Gasteiger partial charge in [-0.15, -0.1) is 0 Å². The standard InChI is InChI=1S/C21H28ClN3O3/c1-4-6-12-19-23-14-15(25(19)17-11-8-7-10-16(17)22)13-18(21(27)28)24(3)20(26)9-5-2/h7-8,10-11,14,18H,4-6,9,12-13H2,1-3H3,(H,27,28)/t18-/m0/s1. The molecule has 1 amide bonds. The number of carbonyl (C=O) groups is 2. The topological polar surface area (TPSA) is 75.4 Å². The minimum atomic E-state index is -1.03. The Labute approximate surface area is 171 Å². The average Bonchev–Trinajstić information content (AvgIpc) is 3.06. The monoisotopic (exact) mass is 405 g/mol. The van der Waals surface area contributed by atoms with Crippen LogP contribution in [0, 0.1) is 0 Å². The fourth-order valence-corrected chi connectivity index (χ4v) is 3.38. The number of imidazole rings is 1. The van der Waals surface area contributed by atoms with E-state index in [1.54, 1.807) is 19.3 Å². The van der Waals surface area contributed by atoms with E-state index < -0.39 is 12.0 Å². The van der Waals surface area contributed by atoms with Crippen molar-refractivity contribution in [2.75, 3.05) is 7.05 Å². The quantitative estimate of drug-likeness (QED) is 0.645. The highest BCUT2D eigenvalue weighted by molar-refractivity contribution is 6.32. The molecule has 0 saturated heterocycles. The van der Waals surface area contributed by atoms with E-state index in [0.717, 1.165) is 36.5 Å². The van der Waals surface area contributed by atoms with Crippen LogP contribution in [0.2, 0.25) is 5.02 Å². The third-order valence-electron chi connectivity index (χ3n) is 4.77. The number of carboxylic acid groups (broad SMARTS) is 1. The molecule has 1 aromatic carbocycles. The van der Waals surface area contributed by atoms with Crippen LogP contribution in [0.5, 0.6) is 0 Å². The molecule has 152 valence electrons. The fraction of sp³-hybridized carbons (Fsp3) is 0.476. The Morgan fingerprint density at radius 3 is 2.57 bits per heavy atom. The highest BCUT2D eigenvalue weighted by Crippen LogP contribution is 2.25. The summed E-state index contributed by atoms with van der Waals surface area (Å²) in [6.07, 6.45) is 5.62. The number of rotatable bonds is 10. The number of aliphatic carboxylic acids is 1. The molecule has 1 aromatic heterocycles. The largest absolute Gasteiger partial charge is 0.480 e. The summed E-state index contributed by atoms with van der Waals surface area (Å²) in [5, 5.41) is 10.3. The molecular weight excluding hydrogens is 378 g/mol. The van der Waals surface area contributed by atoms with Gasteiger partial charge in [-0.1, -0.05) is 44.0 Å². The van der Waals surface area contributed by atoms with Crippen LogP contribution in [0.25, 0.3) is 5.69 Å². The van der Waals surface area contributed by atoms with Gasteiger partial charge in [0.1, 0.15) is 11.9 Å². The van der Waals surface area contributed by atoms with Gasteiger partial charge in [-0.05, 0) is 25.0 Å². The Morgan fingerprint density at radius 2 is 1.96 bits per heavy atom. The Bertz CT molecular complexity index is 819. The summed E-state index contributed by atoms with van der Waals surface area (Å²) in [6, 6.07) is 6.47. The van der Waals surface area contributed by atoms with Crippen molar-refractivity contribution >= 4 is 23.5 Å². The summed E-state index contributed by atoms with van der Waals surface area (Å²) < 4.78 is 1.94. The molecule has 0 saturated carbocycles. The lowest BCUT2D eigenvalue weighted by atomic mass is 10.1. The Hall–Kier alpha value is -2.34. The highest BCUT2D eigenvalue weighted by atomic mass is 35.5. The van der Waals surface area contributed by atoms with Crippen molar-refractivity contribution in [1.82, 2.24) is 14.5 Å². The highest BCUT2D eigenvalue weighted by Gasteiger charge is 2.28. The number of likely N-dealkylation sites (N-methyl/N-ethyl adjacent to an activating group) is 1. The van der Waals surface area contributed by atoms with E-state index in [1.807, 2.05) is 29.7 Å². The van der Waals surface area contributed by atoms with Crippen LogP contribution < -0.4 is 0 Å². The van der Waals surface area contributed by atoms with Gasteiger partial charge in [0.25, 0.3) is 0 Å². The first-order chi connectivity index (χ1) is 13.4. The zero-order valence-corrected chi connectivity index (χ0v) is 17.4. The second-order valence-electron chi connectivity index (χ2n) is 6.87. The minimum Gasteiger partial charge on any atom is -0.480 e. The molecule has 6 nitrogen and oxygen atoms in total. The first-order valence-corrected chi connectivity index (χ1v) is 10.1. The van der Waals surface area contributed by atoms with Crippen molar-refractivity contribution in [1.29, 1.82) is 0 Å². The zero-order chi connectivity index (χ0) is 20.7. The molecule has 0 bridgehead atoms. The number of nitrogens with zero attached hydrogens (tertiary/aromatic N) is 3. The maximum atomic E-state index is 12.3. The molecule has 0 aliphatic rings. The number of carbonyl (C=O) groups excluding carboxylic acids is 1. The number of hydrogen-bond acceptors (Lipinski definition) is 3. The van der Waals surface area contributed by atoms with Gasteiger partial charge in [0.05, 0.1) is 10.7 Å². The van der Waals surface area contributed by atoms with E-state index in [4.69, 9.17) is 11.6 Å². The first-order valence-electron chi connectivity index (χ1n) is 9.69. The molecule has 0 aliphatic carbocycles. The van der Waals surface area contributed by atoms with Gasteiger partial charge in [-0.2, -0.15) is 0 Å². The van der Waals surface area contributed by atoms with Gasteiger partial charge in [-0.3, -0.25) is 9.36 Å². The average molecular weight is 406 g/mol. The molecule has 1 N–H and O–H groups in total. The van der Waals surface area contributed by atoms with Gasteiger partial charge < -0.3 is 10.0 Å². The lowest BCUT2D eigenvalue weighted by Crippen LogP contribution is -2.44. The Kier molecular flexibility index (Phi) is 8.05. The summed E-state index contributed by atoms with van der Waals surface area (Å²) in [7, 11) is 1.55. The van der Waals surface area contributed by atoms with Crippen LogP contribution in [0.4, 0.5) is 0 Å². The maximum Gasteiger partial charge on any atom is 0.326 e. The van der Waals surface area contributed by atoms with Crippen LogP contribution in [0.15, 0.2) is 30.5 Å². The van der Waals surface area contributed by atoms with Crippen LogP contribution in [0.3, 0.4) is 0 Å². The lowest BCUT2D eigenvalue weighted by Gasteiger charge is -2.25. The summed E-state index contributed by atoms with van der Waals surface area (Å²) in [6.45, 7) is 4.01. The van der Waals surface area contributed by atoms with Gasteiger partial charge in [0, 0.05) is 38.2 Å². The van der Waals surface area contributed by atoms with Gasteiger partial charge in [0.15, 0.2) is 0 Å².